The van der Waals surface area contributed by atoms with Gasteiger partial charge in [-0.1, -0.05) is 0 Å². The Hall–Kier alpha value is -1.59. The molecule has 3 heterocycles. The van der Waals surface area contributed by atoms with Gasteiger partial charge in [-0.25, -0.2) is 0 Å². The van der Waals surface area contributed by atoms with Gasteiger partial charge in [0.1, 0.15) is 5.76 Å². The first kappa shape index (κ1) is 12.4. The van der Waals surface area contributed by atoms with Crippen LogP contribution in [0.3, 0.4) is 0 Å². The van der Waals surface area contributed by atoms with Gasteiger partial charge in [0.15, 0.2) is 5.76 Å². The van der Waals surface area contributed by atoms with E-state index >= 15 is 0 Å². The van der Waals surface area contributed by atoms with Gasteiger partial charge in [0.25, 0.3) is 5.91 Å². The molecule has 0 radical (unpaired) electrons. The molecule has 0 aromatic carbocycles. The van der Waals surface area contributed by atoms with E-state index in [1.807, 2.05) is 4.90 Å². The topological polar surface area (TPSA) is 59.5 Å². The van der Waals surface area contributed by atoms with Crippen molar-refractivity contribution in [2.75, 3.05) is 6.54 Å². The largest absolute Gasteiger partial charge is 0.455 e. The molecule has 0 aliphatic carbocycles. The molecule has 0 spiro atoms. The van der Waals surface area contributed by atoms with Gasteiger partial charge in [-0.2, -0.15) is 11.3 Å². The van der Waals surface area contributed by atoms with Crippen LogP contribution >= 0.6 is 11.3 Å². The molecule has 1 amide bonds. The smallest absolute Gasteiger partial charge is 0.290 e. The summed E-state index contributed by atoms with van der Waals surface area (Å²) in [6, 6.07) is 5.76. The fourth-order valence-electron chi connectivity index (χ4n) is 2.57. The lowest BCUT2D eigenvalue weighted by molar-refractivity contribution is 0.0701. The third-order valence-electron chi connectivity index (χ3n) is 3.52. The van der Waals surface area contributed by atoms with Crippen molar-refractivity contribution in [1.82, 2.24) is 4.90 Å². The number of amides is 1. The van der Waals surface area contributed by atoms with Crippen molar-refractivity contribution in [3.05, 3.63) is 46.0 Å². The maximum absolute atomic E-state index is 12.5. The van der Waals surface area contributed by atoms with E-state index < -0.39 is 0 Å². The number of nitrogens with two attached hydrogens (primary N) is 1. The summed E-state index contributed by atoms with van der Waals surface area (Å²) in [6.07, 6.45) is 2.06. The van der Waals surface area contributed by atoms with Crippen molar-refractivity contribution in [3.63, 3.8) is 0 Å². The Morgan fingerprint density at radius 2 is 2.37 bits per heavy atom. The minimum atomic E-state index is -0.0339. The SMILES string of the molecule is NCc1ccc(C(=O)N2CCCC2c2ccsc2)o1. The monoisotopic (exact) mass is 276 g/mol. The van der Waals surface area contributed by atoms with E-state index in [0.29, 0.717) is 18.1 Å². The molecule has 19 heavy (non-hydrogen) atoms. The summed E-state index contributed by atoms with van der Waals surface area (Å²) in [5.74, 6) is 1.01. The molecule has 2 N–H and O–H groups in total. The molecular formula is C14H16N2O2S. The Morgan fingerprint density at radius 1 is 1.47 bits per heavy atom. The fraction of sp³-hybridized carbons (Fsp3) is 0.357. The lowest BCUT2D eigenvalue weighted by Crippen LogP contribution is -2.30. The third-order valence-corrected chi connectivity index (χ3v) is 4.22. The molecular weight excluding hydrogens is 260 g/mol. The second kappa shape index (κ2) is 5.19. The number of thiophene rings is 1. The highest BCUT2D eigenvalue weighted by atomic mass is 32.1. The summed E-state index contributed by atoms with van der Waals surface area (Å²) in [5.41, 5.74) is 6.73. The zero-order valence-electron chi connectivity index (χ0n) is 10.5. The second-order valence-electron chi connectivity index (χ2n) is 4.68. The average molecular weight is 276 g/mol. The lowest BCUT2D eigenvalue weighted by Gasteiger charge is -2.23. The molecule has 4 nitrogen and oxygen atoms in total. The van der Waals surface area contributed by atoms with Crippen molar-refractivity contribution in [2.45, 2.75) is 25.4 Å². The molecule has 1 aliphatic heterocycles. The van der Waals surface area contributed by atoms with Crippen LogP contribution in [-0.4, -0.2) is 17.4 Å². The molecule has 1 aliphatic rings. The summed E-state index contributed by atoms with van der Waals surface area (Å²) in [6.45, 7) is 1.11. The highest BCUT2D eigenvalue weighted by molar-refractivity contribution is 7.07. The highest BCUT2D eigenvalue weighted by Gasteiger charge is 2.32. The minimum Gasteiger partial charge on any atom is -0.455 e. The van der Waals surface area contributed by atoms with Gasteiger partial charge in [-0.15, -0.1) is 0 Å². The summed E-state index contributed by atoms with van der Waals surface area (Å²) < 4.78 is 5.46. The number of rotatable bonds is 3. The number of furan rings is 1. The van der Waals surface area contributed by atoms with Crippen LogP contribution in [0, 0.1) is 0 Å². The highest BCUT2D eigenvalue weighted by Crippen LogP contribution is 2.34. The van der Waals surface area contributed by atoms with Gasteiger partial charge in [0.05, 0.1) is 12.6 Å². The molecule has 1 unspecified atom stereocenters. The minimum absolute atomic E-state index is 0.0339. The Morgan fingerprint density at radius 3 is 3.05 bits per heavy atom. The molecule has 0 bridgehead atoms. The molecule has 1 saturated heterocycles. The first-order valence-electron chi connectivity index (χ1n) is 6.41. The van der Waals surface area contributed by atoms with Crippen LogP contribution in [-0.2, 0) is 6.54 Å². The van der Waals surface area contributed by atoms with E-state index in [4.69, 9.17) is 10.2 Å². The Labute approximate surface area is 115 Å². The molecule has 2 aromatic heterocycles. The summed E-state index contributed by atoms with van der Waals surface area (Å²) in [4.78, 5) is 14.4. The number of nitrogens with zero attached hydrogens (tertiary/aromatic N) is 1. The van der Waals surface area contributed by atoms with Crippen LogP contribution in [0.5, 0.6) is 0 Å². The second-order valence-corrected chi connectivity index (χ2v) is 5.46. The van der Waals surface area contributed by atoms with Crippen LogP contribution in [0.25, 0.3) is 0 Å². The molecule has 100 valence electrons. The number of carbonyl (C=O) groups excluding carboxylic acids is 1. The van der Waals surface area contributed by atoms with Gasteiger partial charge in [-0.3, -0.25) is 4.79 Å². The molecule has 1 fully saturated rings. The molecule has 2 aromatic rings. The van der Waals surface area contributed by atoms with E-state index in [-0.39, 0.29) is 11.9 Å². The van der Waals surface area contributed by atoms with Gasteiger partial charge in [-0.05, 0) is 47.4 Å². The number of hydrogen-bond donors (Lipinski definition) is 1. The molecule has 1 atom stereocenters. The number of carbonyl (C=O) groups is 1. The van der Waals surface area contributed by atoms with E-state index in [2.05, 4.69) is 16.8 Å². The first-order valence-corrected chi connectivity index (χ1v) is 7.35. The van der Waals surface area contributed by atoms with Gasteiger partial charge in [0.2, 0.25) is 0 Å². The third kappa shape index (κ3) is 2.31. The summed E-state index contributed by atoms with van der Waals surface area (Å²) >= 11 is 1.67. The van der Waals surface area contributed by atoms with Crippen molar-refractivity contribution in [2.24, 2.45) is 5.73 Å². The fourth-order valence-corrected chi connectivity index (χ4v) is 3.27. The quantitative estimate of drug-likeness (QED) is 0.937. The number of likely N-dealkylation sites (tertiary alicyclic amines) is 1. The van der Waals surface area contributed by atoms with Crippen LogP contribution < -0.4 is 5.73 Å². The standard InChI is InChI=1S/C14H16N2O2S/c15-8-11-3-4-13(18-11)14(17)16-6-1-2-12(16)10-5-7-19-9-10/h3-5,7,9,12H,1-2,6,8,15H2. The normalized spacial score (nSPS) is 19.0. The van der Waals surface area contributed by atoms with Crippen molar-refractivity contribution < 1.29 is 9.21 Å². The Kier molecular flexibility index (Phi) is 3.40. The lowest BCUT2D eigenvalue weighted by atomic mass is 10.1. The molecule has 0 saturated carbocycles. The van der Waals surface area contributed by atoms with Crippen LogP contribution in [0.1, 0.15) is 40.8 Å². The van der Waals surface area contributed by atoms with Crippen molar-refractivity contribution >= 4 is 17.2 Å². The van der Waals surface area contributed by atoms with Crippen LogP contribution in [0.15, 0.2) is 33.4 Å². The predicted molar refractivity (Wildman–Crippen MR) is 73.9 cm³/mol. The average Bonchev–Trinajstić information content (AvgIpc) is 3.16. The maximum Gasteiger partial charge on any atom is 0.290 e. The number of hydrogen-bond acceptors (Lipinski definition) is 4. The Bertz CT molecular complexity index is 562. The molecule has 5 heteroatoms. The van der Waals surface area contributed by atoms with Gasteiger partial charge in [0, 0.05) is 6.54 Å². The van der Waals surface area contributed by atoms with E-state index in [9.17, 15) is 4.79 Å². The van der Waals surface area contributed by atoms with Crippen molar-refractivity contribution in [3.8, 4) is 0 Å². The predicted octanol–water partition coefficient (Wildman–Crippen LogP) is 2.78. The first-order chi connectivity index (χ1) is 9.29. The maximum atomic E-state index is 12.5. The van der Waals surface area contributed by atoms with Gasteiger partial charge < -0.3 is 15.1 Å². The zero-order valence-corrected chi connectivity index (χ0v) is 11.4. The molecule has 3 rings (SSSR count). The van der Waals surface area contributed by atoms with E-state index in [1.54, 1.807) is 23.5 Å². The van der Waals surface area contributed by atoms with E-state index in [1.165, 1.54) is 5.56 Å². The summed E-state index contributed by atoms with van der Waals surface area (Å²) in [7, 11) is 0. The Balaban J connectivity index is 1.82. The zero-order chi connectivity index (χ0) is 13.2. The van der Waals surface area contributed by atoms with Crippen LogP contribution in [0.2, 0.25) is 0 Å². The van der Waals surface area contributed by atoms with Gasteiger partial charge >= 0.3 is 0 Å². The van der Waals surface area contributed by atoms with E-state index in [0.717, 1.165) is 19.4 Å². The van der Waals surface area contributed by atoms with Crippen LogP contribution in [0.4, 0.5) is 0 Å². The summed E-state index contributed by atoms with van der Waals surface area (Å²) in [5, 5.41) is 4.17. The van der Waals surface area contributed by atoms with Crippen molar-refractivity contribution in [1.29, 1.82) is 0 Å².